The molecule has 0 radical (unpaired) electrons. The van der Waals surface area contributed by atoms with Crippen LogP contribution in [0.1, 0.15) is 12.0 Å². The molecule has 0 spiro atoms. The lowest BCUT2D eigenvalue weighted by atomic mass is 10.2. The number of rotatable bonds is 5. The summed E-state index contributed by atoms with van der Waals surface area (Å²) in [5.74, 6) is 0.528. The predicted molar refractivity (Wildman–Crippen MR) is 57.4 cm³/mol. The number of nitrogens with two attached hydrogens (primary N) is 1. The molecular formula is C10H14FNOS. The molecule has 0 aliphatic heterocycles. The summed E-state index contributed by atoms with van der Waals surface area (Å²) < 4.78 is 12.5. The highest BCUT2D eigenvalue weighted by atomic mass is 32.2. The molecule has 0 aromatic heterocycles. The highest BCUT2D eigenvalue weighted by Crippen LogP contribution is 2.16. The van der Waals surface area contributed by atoms with E-state index < -0.39 is 0 Å². The summed E-state index contributed by atoms with van der Waals surface area (Å²) in [7, 11) is 0. The number of halogens is 1. The molecule has 0 bridgehead atoms. The molecule has 0 aliphatic carbocycles. The van der Waals surface area contributed by atoms with Gasteiger partial charge in [-0.05, 0) is 24.1 Å². The van der Waals surface area contributed by atoms with Gasteiger partial charge in [0.05, 0.1) is 5.37 Å². The fourth-order valence-electron chi connectivity index (χ4n) is 0.994. The molecule has 1 aromatic carbocycles. The van der Waals surface area contributed by atoms with Crippen LogP contribution in [0.25, 0.3) is 0 Å². The molecule has 0 aliphatic rings. The Balaban J connectivity index is 2.34. The first-order valence-electron chi connectivity index (χ1n) is 4.45. The summed E-state index contributed by atoms with van der Waals surface area (Å²) in [5, 5.41) is 8.58. The third-order valence-electron chi connectivity index (χ3n) is 1.79. The van der Waals surface area contributed by atoms with Gasteiger partial charge in [0.1, 0.15) is 5.82 Å². The van der Waals surface area contributed by atoms with E-state index in [1.54, 1.807) is 23.9 Å². The van der Waals surface area contributed by atoms with Crippen LogP contribution >= 0.6 is 11.8 Å². The molecular weight excluding hydrogens is 201 g/mol. The van der Waals surface area contributed by atoms with Crippen LogP contribution in [0.15, 0.2) is 24.3 Å². The second-order valence-corrected chi connectivity index (χ2v) is 4.22. The third-order valence-corrected chi connectivity index (χ3v) is 2.95. The molecule has 0 saturated heterocycles. The van der Waals surface area contributed by atoms with Gasteiger partial charge < -0.3 is 10.8 Å². The van der Waals surface area contributed by atoms with Gasteiger partial charge >= 0.3 is 0 Å². The second-order valence-electron chi connectivity index (χ2n) is 2.99. The van der Waals surface area contributed by atoms with Crippen molar-refractivity contribution >= 4 is 11.8 Å². The van der Waals surface area contributed by atoms with Gasteiger partial charge in [-0.15, -0.1) is 11.8 Å². The summed E-state index contributed by atoms with van der Waals surface area (Å²) in [6.45, 7) is 0.109. The zero-order chi connectivity index (χ0) is 10.4. The summed E-state index contributed by atoms with van der Waals surface area (Å²) >= 11 is 1.56. The fourth-order valence-corrected chi connectivity index (χ4v) is 1.87. The third kappa shape index (κ3) is 4.09. The van der Waals surface area contributed by atoms with Crippen molar-refractivity contribution in [3.8, 4) is 0 Å². The lowest BCUT2D eigenvalue weighted by Crippen LogP contribution is -2.16. The van der Waals surface area contributed by atoms with Crippen molar-refractivity contribution < 1.29 is 9.50 Å². The number of benzene rings is 1. The smallest absolute Gasteiger partial charge is 0.123 e. The Hall–Kier alpha value is -0.580. The highest BCUT2D eigenvalue weighted by molar-refractivity contribution is 7.99. The Morgan fingerprint density at radius 1 is 1.36 bits per heavy atom. The summed E-state index contributed by atoms with van der Waals surface area (Å²) in [6, 6.07) is 6.36. The van der Waals surface area contributed by atoms with Crippen LogP contribution in [0.2, 0.25) is 0 Å². The van der Waals surface area contributed by atoms with Crippen LogP contribution < -0.4 is 5.73 Å². The number of thioether (sulfide) groups is 1. The molecule has 78 valence electrons. The van der Waals surface area contributed by atoms with Crippen LogP contribution in [-0.2, 0) is 5.75 Å². The van der Waals surface area contributed by atoms with Crippen LogP contribution in [-0.4, -0.2) is 17.1 Å². The summed E-state index contributed by atoms with van der Waals surface area (Å²) in [5.41, 5.74) is 6.74. The van der Waals surface area contributed by atoms with E-state index in [2.05, 4.69) is 0 Å². The Morgan fingerprint density at radius 3 is 2.57 bits per heavy atom. The predicted octanol–water partition coefficient (Wildman–Crippen LogP) is 1.73. The molecule has 1 atom stereocenters. The highest BCUT2D eigenvalue weighted by Gasteiger charge is 2.02. The maximum absolute atomic E-state index is 12.5. The molecule has 4 heteroatoms. The quantitative estimate of drug-likeness (QED) is 0.735. The van der Waals surface area contributed by atoms with Crippen LogP contribution in [0, 0.1) is 5.82 Å². The Morgan fingerprint density at radius 2 is 2.00 bits per heavy atom. The first kappa shape index (κ1) is 11.5. The van der Waals surface area contributed by atoms with Crippen molar-refractivity contribution in [1.82, 2.24) is 0 Å². The fraction of sp³-hybridized carbons (Fsp3) is 0.400. The Labute approximate surface area is 87.3 Å². The molecule has 2 nitrogen and oxygen atoms in total. The average molecular weight is 215 g/mol. The number of aliphatic hydroxyl groups excluding tert-OH is 1. The second kappa shape index (κ2) is 6.01. The number of hydrogen-bond donors (Lipinski definition) is 2. The van der Waals surface area contributed by atoms with Gasteiger partial charge in [0.2, 0.25) is 0 Å². The van der Waals surface area contributed by atoms with Crippen LogP contribution in [0.4, 0.5) is 4.39 Å². The van der Waals surface area contributed by atoms with Crippen molar-refractivity contribution in [2.45, 2.75) is 17.5 Å². The number of aliphatic hydroxyl groups is 1. The van der Waals surface area contributed by atoms with Gasteiger partial charge in [0.25, 0.3) is 0 Å². The lowest BCUT2D eigenvalue weighted by molar-refractivity contribution is 0.287. The van der Waals surface area contributed by atoms with Crippen molar-refractivity contribution in [1.29, 1.82) is 0 Å². The standard InChI is InChI=1S/C10H14FNOS/c11-9-3-1-8(2-4-9)7-14-10(12)5-6-13/h1-4,10,13H,5-7,12H2. The lowest BCUT2D eigenvalue weighted by Gasteiger charge is -2.08. The van der Waals surface area contributed by atoms with E-state index in [1.807, 2.05) is 0 Å². The average Bonchev–Trinajstić information content (AvgIpc) is 2.17. The van der Waals surface area contributed by atoms with E-state index >= 15 is 0 Å². The molecule has 3 N–H and O–H groups in total. The molecule has 1 unspecified atom stereocenters. The largest absolute Gasteiger partial charge is 0.396 e. The minimum atomic E-state index is -0.224. The van der Waals surface area contributed by atoms with Gasteiger partial charge in [-0.2, -0.15) is 0 Å². The normalized spacial score (nSPS) is 12.8. The zero-order valence-electron chi connectivity index (χ0n) is 7.82. The van der Waals surface area contributed by atoms with E-state index in [0.29, 0.717) is 6.42 Å². The zero-order valence-corrected chi connectivity index (χ0v) is 8.64. The van der Waals surface area contributed by atoms with Crippen molar-refractivity contribution in [2.75, 3.05) is 6.61 Å². The Kier molecular flexibility index (Phi) is 4.93. The summed E-state index contributed by atoms with van der Waals surface area (Å²) in [6.07, 6.45) is 0.589. The Bertz CT molecular complexity index is 265. The topological polar surface area (TPSA) is 46.2 Å². The molecule has 0 fully saturated rings. The van der Waals surface area contributed by atoms with E-state index in [0.717, 1.165) is 11.3 Å². The van der Waals surface area contributed by atoms with E-state index in [9.17, 15) is 4.39 Å². The van der Waals surface area contributed by atoms with Crippen molar-refractivity contribution in [3.63, 3.8) is 0 Å². The van der Waals surface area contributed by atoms with E-state index in [4.69, 9.17) is 10.8 Å². The van der Waals surface area contributed by atoms with Gasteiger partial charge in [-0.1, -0.05) is 12.1 Å². The van der Waals surface area contributed by atoms with Gasteiger partial charge in [0, 0.05) is 12.4 Å². The molecule has 1 rings (SSSR count). The maximum atomic E-state index is 12.5. The van der Waals surface area contributed by atoms with Gasteiger partial charge in [0.15, 0.2) is 0 Å². The molecule has 0 amide bonds. The first-order chi connectivity index (χ1) is 6.72. The van der Waals surface area contributed by atoms with Gasteiger partial charge in [-0.25, -0.2) is 4.39 Å². The van der Waals surface area contributed by atoms with Crippen molar-refractivity contribution in [3.05, 3.63) is 35.6 Å². The molecule has 0 saturated carbocycles. The minimum Gasteiger partial charge on any atom is -0.396 e. The van der Waals surface area contributed by atoms with E-state index in [1.165, 1.54) is 12.1 Å². The van der Waals surface area contributed by atoms with Crippen molar-refractivity contribution in [2.24, 2.45) is 5.73 Å². The van der Waals surface area contributed by atoms with E-state index in [-0.39, 0.29) is 17.8 Å². The molecule has 14 heavy (non-hydrogen) atoms. The molecule has 1 aromatic rings. The monoisotopic (exact) mass is 215 g/mol. The first-order valence-corrected chi connectivity index (χ1v) is 5.49. The van der Waals surface area contributed by atoms with Gasteiger partial charge in [-0.3, -0.25) is 0 Å². The van der Waals surface area contributed by atoms with Crippen LogP contribution in [0.3, 0.4) is 0 Å². The SMILES string of the molecule is NC(CCO)SCc1ccc(F)cc1. The molecule has 0 heterocycles. The maximum Gasteiger partial charge on any atom is 0.123 e. The van der Waals surface area contributed by atoms with Crippen LogP contribution in [0.5, 0.6) is 0 Å². The number of hydrogen-bond acceptors (Lipinski definition) is 3. The summed E-state index contributed by atoms with van der Waals surface area (Å²) in [4.78, 5) is 0. The minimum absolute atomic E-state index is 0.0509.